The highest BCUT2D eigenvalue weighted by atomic mass is 16.1. The molecule has 0 heterocycles. The highest BCUT2D eigenvalue weighted by Gasteiger charge is 2.12. The van der Waals surface area contributed by atoms with E-state index < -0.39 is 0 Å². The minimum Gasteiger partial charge on any atom is -0.303 e. The van der Waals surface area contributed by atoms with Gasteiger partial charge in [-0.05, 0) is 44.8 Å². The van der Waals surface area contributed by atoms with Crippen LogP contribution < -0.4 is 0 Å². The fourth-order valence-electron chi connectivity index (χ4n) is 4.05. The van der Waals surface area contributed by atoms with Crippen molar-refractivity contribution >= 4 is 45.7 Å². The van der Waals surface area contributed by atoms with Gasteiger partial charge in [-0.1, -0.05) is 60.7 Å². The third-order valence-corrected chi connectivity index (χ3v) is 5.67. The summed E-state index contributed by atoms with van der Waals surface area (Å²) >= 11 is 0. The average molecular weight is 422 g/mol. The molecular formula is C28H22O4. The van der Waals surface area contributed by atoms with Crippen LogP contribution in [0.2, 0.25) is 0 Å². The van der Waals surface area contributed by atoms with Crippen LogP contribution in [-0.2, 0) is 9.59 Å². The molecule has 0 aromatic heterocycles. The summed E-state index contributed by atoms with van der Waals surface area (Å²) in [5.74, 6) is -0.0809. The van der Waals surface area contributed by atoms with Crippen LogP contribution in [-0.4, -0.2) is 24.1 Å². The molecule has 0 unspecified atom stereocenters. The Hall–Kier alpha value is -3.92. The molecule has 0 bridgehead atoms. The van der Waals surface area contributed by atoms with Crippen LogP contribution in [0.25, 0.3) is 32.7 Å². The Morgan fingerprint density at radius 2 is 1.03 bits per heavy atom. The first-order valence-electron chi connectivity index (χ1n) is 10.6. The van der Waals surface area contributed by atoms with Crippen molar-refractivity contribution in [2.45, 2.75) is 25.7 Å². The highest BCUT2D eigenvalue weighted by Crippen LogP contribution is 2.34. The van der Waals surface area contributed by atoms with Crippen LogP contribution in [0, 0.1) is 0 Å². The predicted molar refractivity (Wildman–Crippen MR) is 126 cm³/mol. The van der Waals surface area contributed by atoms with E-state index in [4.69, 9.17) is 0 Å². The standard InChI is InChI=1S/C28H22O4/c29-15-3-9-27(31)21-11-13-23-19(17-21)5-1-7-25(23)26-8-2-6-20-18-22(12-14-24(20)26)28(32)10-4-16-30/h1-2,5-8,11-18H,3-4,9-10H2. The average Bonchev–Trinajstić information content (AvgIpc) is 2.84. The van der Waals surface area contributed by atoms with Crippen LogP contribution in [0.4, 0.5) is 0 Å². The quantitative estimate of drug-likeness (QED) is 0.246. The molecule has 4 aromatic rings. The number of carbonyl (C=O) groups excluding carboxylic acids is 4. The third kappa shape index (κ3) is 4.26. The Morgan fingerprint density at radius 1 is 0.594 bits per heavy atom. The first-order chi connectivity index (χ1) is 15.6. The lowest BCUT2D eigenvalue weighted by Crippen LogP contribution is -1.99. The van der Waals surface area contributed by atoms with Crippen LogP contribution in [0.1, 0.15) is 46.4 Å². The van der Waals surface area contributed by atoms with Crippen molar-refractivity contribution in [1.29, 1.82) is 0 Å². The van der Waals surface area contributed by atoms with Gasteiger partial charge in [0.25, 0.3) is 0 Å². The van der Waals surface area contributed by atoms with Gasteiger partial charge in [0, 0.05) is 36.8 Å². The maximum Gasteiger partial charge on any atom is 0.163 e. The topological polar surface area (TPSA) is 68.3 Å². The van der Waals surface area contributed by atoms with Crippen molar-refractivity contribution in [3.63, 3.8) is 0 Å². The molecule has 0 aliphatic carbocycles. The number of aldehydes is 2. The molecule has 0 saturated heterocycles. The van der Waals surface area contributed by atoms with E-state index in [1.165, 1.54) is 0 Å². The van der Waals surface area contributed by atoms with Gasteiger partial charge in [0.05, 0.1) is 0 Å². The molecule has 0 saturated carbocycles. The lowest BCUT2D eigenvalue weighted by atomic mass is 9.91. The van der Waals surface area contributed by atoms with Gasteiger partial charge in [-0.2, -0.15) is 0 Å². The zero-order chi connectivity index (χ0) is 22.5. The number of hydrogen-bond acceptors (Lipinski definition) is 4. The van der Waals surface area contributed by atoms with Crippen molar-refractivity contribution in [2.75, 3.05) is 0 Å². The van der Waals surface area contributed by atoms with Gasteiger partial charge in [-0.25, -0.2) is 0 Å². The smallest absolute Gasteiger partial charge is 0.163 e. The molecule has 0 aliphatic rings. The number of carbonyl (C=O) groups is 4. The molecule has 32 heavy (non-hydrogen) atoms. The second kappa shape index (κ2) is 9.48. The van der Waals surface area contributed by atoms with E-state index in [1.807, 2.05) is 72.8 Å². The summed E-state index contributed by atoms with van der Waals surface area (Å²) in [4.78, 5) is 45.8. The summed E-state index contributed by atoms with van der Waals surface area (Å²) in [7, 11) is 0. The first kappa shape index (κ1) is 21.3. The molecule has 4 nitrogen and oxygen atoms in total. The molecule has 4 heteroatoms. The number of Topliss-reactive ketones (excluding diaryl/α,β-unsaturated/α-hetero) is 2. The van der Waals surface area contributed by atoms with E-state index in [2.05, 4.69) is 0 Å². The fourth-order valence-corrected chi connectivity index (χ4v) is 4.05. The highest BCUT2D eigenvalue weighted by molar-refractivity contribution is 6.09. The maximum atomic E-state index is 12.3. The molecule has 0 aliphatic heterocycles. The van der Waals surface area contributed by atoms with Crippen LogP contribution in [0.3, 0.4) is 0 Å². The Kier molecular flexibility index (Phi) is 6.31. The van der Waals surface area contributed by atoms with Crippen molar-refractivity contribution in [1.82, 2.24) is 0 Å². The number of rotatable bonds is 9. The molecule has 0 amide bonds. The van der Waals surface area contributed by atoms with E-state index in [9.17, 15) is 19.2 Å². The summed E-state index contributed by atoms with van der Waals surface area (Å²) in [6, 6.07) is 23.3. The lowest BCUT2D eigenvalue weighted by Gasteiger charge is -2.12. The first-order valence-corrected chi connectivity index (χ1v) is 10.6. The second-order valence-electron chi connectivity index (χ2n) is 7.74. The molecule has 0 radical (unpaired) electrons. The molecule has 0 atom stereocenters. The minimum atomic E-state index is -0.0404. The summed E-state index contributed by atoms with van der Waals surface area (Å²) in [6.45, 7) is 0. The molecule has 0 fully saturated rings. The summed E-state index contributed by atoms with van der Waals surface area (Å²) in [5.41, 5.74) is 3.29. The monoisotopic (exact) mass is 422 g/mol. The lowest BCUT2D eigenvalue weighted by molar-refractivity contribution is -0.108. The van der Waals surface area contributed by atoms with Gasteiger partial charge in [-0.3, -0.25) is 9.59 Å². The zero-order valence-corrected chi connectivity index (χ0v) is 17.5. The van der Waals surface area contributed by atoms with E-state index in [1.54, 1.807) is 0 Å². The predicted octanol–water partition coefficient (Wildman–Crippen LogP) is 5.98. The normalized spacial score (nSPS) is 10.9. The van der Waals surface area contributed by atoms with Crippen LogP contribution >= 0.6 is 0 Å². The van der Waals surface area contributed by atoms with E-state index in [0.29, 0.717) is 11.1 Å². The van der Waals surface area contributed by atoms with Crippen LogP contribution in [0.15, 0.2) is 72.8 Å². The molecule has 0 N–H and O–H groups in total. The Balaban J connectivity index is 1.77. The molecule has 158 valence electrons. The maximum absolute atomic E-state index is 12.3. The largest absolute Gasteiger partial charge is 0.303 e. The van der Waals surface area contributed by atoms with E-state index in [-0.39, 0.29) is 37.2 Å². The number of hydrogen-bond donors (Lipinski definition) is 0. The summed E-state index contributed by atoms with van der Waals surface area (Å²) < 4.78 is 0. The molecular weight excluding hydrogens is 400 g/mol. The number of fused-ring (bicyclic) bond motifs is 2. The van der Waals surface area contributed by atoms with E-state index in [0.717, 1.165) is 45.2 Å². The summed E-state index contributed by atoms with van der Waals surface area (Å²) in [6.07, 6.45) is 2.41. The SMILES string of the molecule is O=CCCC(=O)c1ccc2c(-c3cccc4cc(C(=O)CCC=O)ccc34)cccc2c1. The van der Waals surface area contributed by atoms with E-state index >= 15 is 0 Å². The second-order valence-corrected chi connectivity index (χ2v) is 7.74. The number of benzene rings is 4. The number of ketones is 2. The summed E-state index contributed by atoms with van der Waals surface area (Å²) in [5, 5.41) is 3.96. The fraction of sp³-hybridized carbons (Fsp3) is 0.143. The minimum absolute atomic E-state index is 0.0404. The van der Waals surface area contributed by atoms with Crippen molar-refractivity contribution in [3.05, 3.63) is 83.9 Å². The van der Waals surface area contributed by atoms with Gasteiger partial charge in [0.15, 0.2) is 11.6 Å². The Bertz CT molecular complexity index is 1250. The van der Waals surface area contributed by atoms with Gasteiger partial charge in [0.2, 0.25) is 0 Å². The third-order valence-electron chi connectivity index (χ3n) is 5.67. The Morgan fingerprint density at radius 3 is 1.44 bits per heavy atom. The Labute approximate surface area is 185 Å². The van der Waals surface area contributed by atoms with Gasteiger partial charge in [0.1, 0.15) is 12.6 Å². The zero-order valence-electron chi connectivity index (χ0n) is 17.5. The van der Waals surface area contributed by atoms with Crippen molar-refractivity contribution in [3.8, 4) is 11.1 Å². The van der Waals surface area contributed by atoms with Crippen molar-refractivity contribution < 1.29 is 19.2 Å². The van der Waals surface area contributed by atoms with Gasteiger partial charge < -0.3 is 9.59 Å². The molecule has 4 rings (SSSR count). The van der Waals surface area contributed by atoms with Crippen LogP contribution in [0.5, 0.6) is 0 Å². The van der Waals surface area contributed by atoms with Gasteiger partial charge >= 0.3 is 0 Å². The molecule has 0 spiro atoms. The molecule has 4 aromatic carbocycles. The van der Waals surface area contributed by atoms with Crippen molar-refractivity contribution in [2.24, 2.45) is 0 Å². The van der Waals surface area contributed by atoms with Gasteiger partial charge in [-0.15, -0.1) is 0 Å².